The van der Waals surface area contributed by atoms with Gasteiger partial charge in [0.1, 0.15) is 0 Å². The van der Waals surface area contributed by atoms with E-state index in [2.05, 4.69) is 20.9 Å². The fourth-order valence-corrected chi connectivity index (χ4v) is 0.918. The predicted octanol–water partition coefficient (Wildman–Crippen LogP) is 1.96. The van der Waals surface area contributed by atoms with Crippen molar-refractivity contribution in [3.63, 3.8) is 0 Å². The number of hydrogen-bond donors (Lipinski definition) is 1. The minimum Gasteiger partial charge on any atom is -0.367 e. The monoisotopic (exact) mass is 216 g/mol. The van der Waals surface area contributed by atoms with E-state index in [1.807, 2.05) is 18.5 Å². The second-order valence-corrected chi connectivity index (χ2v) is 3.01. The molecule has 0 spiro atoms. The molecule has 0 aliphatic heterocycles. The summed E-state index contributed by atoms with van der Waals surface area (Å²) in [5.74, 6) is 0. The Balaban J connectivity index is 2.50. The highest BCUT2D eigenvalue weighted by molar-refractivity contribution is 9.18. The summed E-state index contributed by atoms with van der Waals surface area (Å²) in [6.07, 6.45) is 3.70. The molecule has 4 heteroatoms. The molecule has 0 aromatic carbocycles. The third kappa shape index (κ3) is 2.38. The average molecular weight is 217 g/mol. The molecule has 0 saturated heterocycles. The second-order valence-electron chi connectivity index (χ2n) is 2.33. The third-order valence-electron chi connectivity index (χ3n) is 1.38. The smallest absolute Gasteiger partial charge is 0.289 e. The van der Waals surface area contributed by atoms with Crippen LogP contribution in [0.1, 0.15) is 5.56 Å². The lowest BCUT2D eigenvalue weighted by molar-refractivity contribution is 0.233. The summed E-state index contributed by atoms with van der Waals surface area (Å²) in [4.78, 5) is 15.1. The van der Waals surface area contributed by atoms with Gasteiger partial charge in [0.25, 0.3) is 4.82 Å². The van der Waals surface area contributed by atoms with E-state index in [1.165, 1.54) is 0 Å². The third-order valence-corrected chi connectivity index (χ3v) is 1.99. The van der Waals surface area contributed by atoms with Crippen molar-refractivity contribution in [2.45, 2.75) is 6.54 Å². The molecule has 0 aliphatic carbocycles. The highest BCUT2D eigenvalue weighted by atomic mass is 79.9. The van der Waals surface area contributed by atoms with Gasteiger partial charge in [-0.1, -0.05) is 0 Å². The Morgan fingerprint density at radius 3 is 3.00 bits per heavy atom. The van der Waals surface area contributed by atoms with Gasteiger partial charge in [0.2, 0.25) is 0 Å². The number of carbonyl (C=O) groups is 1. The standard InChI is InChI=1S/C7H9BrN2O/c1-10(7(8)11)5-6-2-3-9-4-6/h2-4,9H,5H2,1H3. The van der Waals surface area contributed by atoms with Crippen LogP contribution >= 0.6 is 15.9 Å². The first-order chi connectivity index (χ1) is 5.20. The van der Waals surface area contributed by atoms with Gasteiger partial charge in [0.05, 0.1) is 0 Å². The first-order valence-electron chi connectivity index (χ1n) is 3.22. The quantitative estimate of drug-likeness (QED) is 0.596. The lowest BCUT2D eigenvalue weighted by atomic mass is 10.3. The zero-order chi connectivity index (χ0) is 8.27. The van der Waals surface area contributed by atoms with Crippen LogP contribution in [-0.4, -0.2) is 21.7 Å². The Morgan fingerprint density at radius 1 is 1.82 bits per heavy atom. The van der Waals surface area contributed by atoms with E-state index in [0.29, 0.717) is 6.54 Å². The molecule has 1 heterocycles. The molecule has 0 radical (unpaired) electrons. The number of amides is 1. The fourth-order valence-electron chi connectivity index (χ4n) is 0.793. The molecular formula is C7H9BrN2O. The molecule has 3 nitrogen and oxygen atoms in total. The van der Waals surface area contributed by atoms with E-state index in [4.69, 9.17) is 0 Å². The normalized spacial score (nSPS) is 9.64. The number of nitrogens with zero attached hydrogens (tertiary/aromatic N) is 1. The van der Waals surface area contributed by atoms with Crippen molar-refractivity contribution in [2.75, 3.05) is 7.05 Å². The number of H-pyrrole nitrogens is 1. The van der Waals surface area contributed by atoms with Crippen molar-refractivity contribution in [1.29, 1.82) is 0 Å². The number of aromatic nitrogens is 1. The predicted molar refractivity (Wildman–Crippen MR) is 46.6 cm³/mol. The highest BCUT2D eigenvalue weighted by Gasteiger charge is 2.03. The summed E-state index contributed by atoms with van der Waals surface area (Å²) in [5.41, 5.74) is 1.10. The molecule has 0 atom stereocenters. The molecule has 1 rings (SSSR count). The Kier molecular flexibility index (Phi) is 2.70. The Morgan fingerprint density at radius 2 is 2.55 bits per heavy atom. The van der Waals surface area contributed by atoms with Crippen LogP contribution in [0.25, 0.3) is 0 Å². The largest absolute Gasteiger partial charge is 0.367 e. The molecule has 0 bridgehead atoms. The van der Waals surface area contributed by atoms with Crippen LogP contribution in [0.4, 0.5) is 4.79 Å². The van der Waals surface area contributed by atoms with Gasteiger partial charge in [-0.05, 0) is 11.6 Å². The summed E-state index contributed by atoms with van der Waals surface area (Å²) < 4.78 is 0. The fraction of sp³-hybridized carbons (Fsp3) is 0.286. The summed E-state index contributed by atoms with van der Waals surface area (Å²) >= 11 is 2.86. The maximum atomic E-state index is 10.7. The van der Waals surface area contributed by atoms with Crippen molar-refractivity contribution in [3.05, 3.63) is 24.0 Å². The van der Waals surface area contributed by atoms with Crippen LogP contribution in [0, 0.1) is 0 Å². The van der Waals surface area contributed by atoms with Gasteiger partial charge in [-0.15, -0.1) is 0 Å². The number of nitrogens with one attached hydrogen (secondary N) is 1. The topological polar surface area (TPSA) is 36.1 Å². The average Bonchev–Trinajstić information content (AvgIpc) is 2.39. The molecule has 0 saturated carbocycles. The van der Waals surface area contributed by atoms with Crippen LogP contribution < -0.4 is 0 Å². The van der Waals surface area contributed by atoms with Crippen molar-refractivity contribution in [3.8, 4) is 0 Å². The Labute approximate surface area is 73.5 Å². The van der Waals surface area contributed by atoms with Gasteiger partial charge in [-0.2, -0.15) is 0 Å². The van der Waals surface area contributed by atoms with E-state index >= 15 is 0 Å². The van der Waals surface area contributed by atoms with Crippen molar-refractivity contribution in [2.24, 2.45) is 0 Å². The van der Waals surface area contributed by atoms with Crippen LogP contribution in [0.3, 0.4) is 0 Å². The van der Waals surface area contributed by atoms with Crippen LogP contribution in [0.2, 0.25) is 0 Å². The van der Waals surface area contributed by atoms with Gasteiger partial charge in [0, 0.05) is 41.9 Å². The number of hydrogen-bond acceptors (Lipinski definition) is 1. The minimum absolute atomic E-state index is 0.0984. The van der Waals surface area contributed by atoms with Crippen LogP contribution in [0.5, 0.6) is 0 Å². The van der Waals surface area contributed by atoms with E-state index < -0.39 is 0 Å². The SMILES string of the molecule is CN(Cc1cc[nH]c1)C(=O)Br. The van der Waals surface area contributed by atoms with Gasteiger partial charge in [-0.25, -0.2) is 0 Å². The molecule has 1 N–H and O–H groups in total. The van der Waals surface area contributed by atoms with Gasteiger partial charge < -0.3 is 9.88 Å². The molecule has 0 aliphatic rings. The van der Waals surface area contributed by atoms with E-state index in [1.54, 1.807) is 11.9 Å². The van der Waals surface area contributed by atoms with E-state index in [9.17, 15) is 4.79 Å². The summed E-state index contributed by atoms with van der Waals surface area (Å²) in [6.45, 7) is 0.633. The Hall–Kier alpha value is -0.770. The number of carbonyl (C=O) groups excluding carboxylic acids is 1. The molecule has 11 heavy (non-hydrogen) atoms. The van der Waals surface area contributed by atoms with Crippen molar-refractivity contribution < 1.29 is 4.79 Å². The van der Waals surface area contributed by atoms with Crippen LogP contribution in [0.15, 0.2) is 18.5 Å². The molecular weight excluding hydrogens is 208 g/mol. The molecule has 60 valence electrons. The maximum Gasteiger partial charge on any atom is 0.289 e. The van der Waals surface area contributed by atoms with Gasteiger partial charge >= 0.3 is 0 Å². The summed E-state index contributed by atoms with van der Waals surface area (Å²) in [7, 11) is 1.74. The lowest BCUT2D eigenvalue weighted by Gasteiger charge is -2.11. The summed E-state index contributed by atoms with van der Waals surface area (Å²) in [6, 6.07) is 1.94. The van der Waals surface area contributed by atoms with Gasteiger partial charge in [0.15, 0.2) is 0 Å². The molecule has 1 amide bonds. The number of rotatable bonds is 2. The lowest BCUT2D eigenvalue weighted by Crippen LogP contribution is -2.19. The summed E-state index contributed by atoms with van der Waals surface area (Å²) in [5, 5.41) is 0. The molecule has 1 aromatic rings. The van der Waals surface area contributed by atoms with E-state index in [0.717, 1.165) is 5.56 Å². The first-order valence-corrected chi connectivity index (χ1v) is 4.01. The second kappa shape index (κ2) is 3.57. The zero-order valence-electron chi connectivity index (χ0n) is 6.17. The van der Waals surface area contributed by atoms with E-state index in [-0.39, 0.29) is 4.82 Å². The molecule has 0 fully saturated rings. The molecule has 0 unspecified atom stereocenters. The molecule has 1 aromatic heterocycles. The zero-order valence-corrected chi connectivity index (χ0v) is 7.76. The number of halogens is 1. The number of aromatic amines is 1. The highest BCUT2D eigenvalue weighted by Crippen LogP contribution is 2.04. The van der Waals surface area contributed by atoms with Crippen molar-refractivity contribution in [1.82, 2.24) is 9.88 Å². The van der Waals surface area contributed by atoms with Crippen LogP contribution in [-0.2, 0) is 6.54 Å². The Bertz CT molecular complexity index is 233. The first kappa shape index (κ1) is 8.33. The van der Waals surface area contributed by atoms with Gasteiger partial charge in [-0.3, -0.25) is 4.79 Å². The minimum atomic E-state index is -0.0984. The maximum absolute atomic E-state index is 10.7. The van der Waals surface area contributed by atoms with Crippen molar-refractivity contribution >= 4 is 20.7 Å².